The van der Waals surface area contributed by atoms with Crippen LogP contribution >= 0.6 is 0 Å². The SMILES string of the molecule is COC(=O)CCOCCOCCOCCOCCOC(=O)CCCCC(=O)O. The molecule has 0 atom stereocenters. The number of carboxylic acid groups (broad SMARTS) is 1. The average molecular weight is 408 g/mol. The fraction of sp³-hybridized carbons (Fsp3) is 0.833. The molecule has 0 aromatic heterocycles. The molecule has 0 amide bonds. The van der Waals surface area contributed by atoms with E-state index < -0.39 is 5.97 Å². The van der Waals surface area contributed by atoms with Gasteiger partial charge in [0, 0.05) is 12.8 Å². The highest BCUT2D eigenvalue weighted by molar-refractivity contribution is 5.70. The highest BCUT2D eigenvalue weighted by atomic mass is 16.6. The van der Waals surface area contributed by atoms with Gasteiger partial charge in [0.15, 0.2) is 0 Å². The molecule has 0 bridgehead atoms. The first-order valence-electron chi connectivity index (χ1n) is 9.31. The van der Waals surface area contributed by atoms with Crippen LogP contribution in [-0.4, -0.2) is 89.6 Å². The van der Waals surface area contributed by atoms with Gasteiger partial charge in [-0.15, -0.1) is 0 Å². The molecule has 0 aromatic rings. The molecule has 0 aliphatic carbocycles. The molecule has 0 unspecified atom stereocenters. The van der Waals surface area contributed by atoms with Gasteiger partial charge in [-0.3, -0.25) is 14.4 Å². The summed E-state index contributed by atoms with van der Waals surface area (Å²) in [6.07, 6.45) is 1.47. The molecule has 0 heterocycles. The summed E-state index contributed by atoms with van der Waals surface area (Å²) in [5, 5.41) is 8.48. The van der Waals surface area contributed by atoms with Crippen molar-refractivity contribution in [3.8, 4) is 0 Å². The van der Waals surface area contributed by atoms with Gasteiger partial charge in [0.2, 0.25) is 0 Å². The lowest BCUT2D eigenvalue weighted by Crippen LogP contribution is -2.15. The van der Waals surface area contributed by atoms with Gasteiger partial charge in [-0.25, -0.2) is 0 Å². The summed E-state index contributed by atoms with van der Waals surface area (Å²) in [5.41, 5.74) is 0. The van der Waals surface area contributed by atoms with Crippen LogP contribution in [0.4, 0.5) is 0 Å². The second-order valence-electron chi connectivity index (χ2n) is 5.60. The summed E-state index contributed by atoms with van der Waals surface area (Å²) < 4.78 is 30.5. The summed E-state index contributed by atoms with van der Waals surface area (Å²) in [6.45, 7) is 3.22. The highest BCUT2D eigenvalue weighted by Gasteiger charge is 2.04. The Morgan fingerprint density at radius 2 is 1.07 bits per heavy atom. The summed E-state index contributed by atoms with van der Waals surface area (Å²) >= 11 is 0. The Kier molecular flexibility index (Phi) is 18.7. The van der Waals surface area contributed by atoms with Crippen molar-refractivity contribution in [2.75, 3.05) is 66.6 Å². The fourth-order valence-electron chi connectivity index (χ4n) is 1.85. The van der Waals surface area contributed by atoms with Gasteiger partial charge in [0.05, 0.1) is 66.4 Å². The van der Waals surface area contributed by atoms with Gasteiger partial charge in [-0.1, -0.05) is 0 Å². The Morgan fingerprint density at radius 1 is 0.607 bits per heavy atom. The van der Waals surface area contributed by atoms with Crippen LogP contribution in [0, 0.1) is 0 Å². The van der Waals surface area contributed by atoms with Crippen LogP contribution in [0.2, 0.25) is 0 Å². The standard InChI is InChI=1S/C18H32O10/c1-23-17(21)6-7-24-8-9-25-10-11-26-12-13-27-14-15-28-18(22)5-3-2-4-16(19)20/h2-15H2,1H3,(H,19,20). The Morgan fingerprint density at radius 3 is 1.57 bits per heavy atom. The molecule has 0 aromatic carbocycles. The smallest absolute Gasteiger partial charge is 0.307 e. The molecule has 10 nitrogen and oxygen atoms in total. The minimum absolute atomic E-state index is 0.0618. The molecular formula is C18H32O10. The van der Waals surface area contributed by atoms with E-state index in [9.17, 15) is 14.4 Å². The molecule has 0 fully saturated rings. The number of carbonyl (C=O) groups is 3. The third kappa shape index (κ3) is 20.6. The largest absolute Gasteiger partial charge is 0.481 e. The third-order valence-electron chi connectivity index (χ3n) is 3.31. The molecule has 28 heavy (non-hydrogen) atoms. The van der Waals surface area contributed by atoms with Crippen LogP contribution in [0.25, 0.3) is 0 Å². The average Bonchev–Trinajstić information content (AvgIpc) is 2.67. The number of unbranched alkanes of at least 4 members (excludes halogenated alkanes) is 1. The first-order chi connectivity index (χ1) is 13.6. The van der Waals surface area contributed by atoms with Crippen molar-refractivity contribution in [1.29, 1.82) is 0 Å². The third-order valence-corrected chi connectivity index (χ3v) is 3.31. The molecule has 0 saturated carbocycles. The van der Waals surface area contributed by atoms with Crippen LogP contribution in [-0.2, 0) is 42.8 Å². The van der Waals surface area contributed by atoms with Gasteiger partial charge < -0.3 is 33.5 Å². The van der Waals surface area contributed by atoms with E-state index in [1.54, 1.807) is 0 Å². The monoisotopic (exact) mass is 408 g/mol. The predicted octanol–water partition coefficient (Wildman–Crippen LogP) is 0.804. The molecule has 0 radical (unpaired) electrons. The maximum absolute atomic E-state index is 11.4. The number of rotatable bonds is 20. The zero-order chi connectivity index (χ0) is 20.9. The molecule has 1 N–H and O–H groups in total. The predicted molar refractivity (Wildman–Crippen MR) is 97.0 cm³/mol. The summed E-state index contributed by atoms with van der Waals surface area (Å²) in [6, 6.07) is 0. The number of aliphatic carboxylic acids is 1. The second kappa shape index (κ2) is 20.0. The lowest BCUT2D eigenvalue weighted by molar-refractivity contribution is -0.146. The van der Waals surface area contributed by atoms with E-state index in [1.165, 1.54) is 7.11 Å². The Balaban J connectivity index is 3.16. The number of hydrogen-bond acceptors (Lipinski definition) is 9. The summed E-state index contributed by atoms with van der Waals surface area (Å²) in [4.78, 5) is 32.5. The van der Waals surface area contributed by atoms with Crippen molar-refractivity contribution in [2.45, 2.75) is 32.1 Å². The lowest BCUT2D eigenvalue weighted by atomic mass is 10.2. The molecular weight excluding hydrogens is 376 g/mol. The van der Waals surface area contributed by atoms with Crippen LogP contribution in [0.5, 0.6) is 0 Å². The van der Waals surface area contributed by atoms with Crippen LogP contribution in [0.15, 0.2) is 0 Å². The molecule has 0 saturated heterocycles. The maximum atomic E-state index is 11.4. The molecule has 0 aliphatic rings. The second-order valence-corrected chi connectivity index (χ2v) is 5.60. The number of hydrogen-bond donors (Lipinski definition) is 1. The van der Waals surface area contributed by atoms with Crippen molar-refractivity contribution in [3.63, 3.8) is 0 Å². The zero-order valence-electron chi connectivity index (χ0n) is 16.5. The van der Waals surface area contributed by atoms with Gasteiger partial charge in [0.1, 0.15) is 6.61 Å². The van der Waals surface area contributed by atoms with Crippen molar-refractivity contribution in [2.24, 2.45) is 0 Å². The minimum atomic E-state index is -0.864. The highest BCUT2D eigenvalue weighted by Crippen LogP contribution is 2.01. The molecule has 0 spiro atoms. The molecule has 0 rings (SSSR count). The molecule has 0 aliphatic heterocycles. The van der Waals surface area contributed by atoms with Crippen LogP contribution in [0.1, 0.15) is 32.1 Å². The number of methoxy groups -OCH3 is 1. The van der Waals surface area contributed by atoms with Crippen LogP contribution < -0.4 is 0 Å². The maximum Gasteiger partial charge on any atom is 0.307 e. The van der Waals surface area contributed by atoms with Crippen molar-refractivity contribution >= 4 is 17.9 Å². The van der Waals surface area contributed by atoms with Gasteiger partial charge in [-0.05, 0) is 12.8 Å². The van der Waals surface area contributed by atoms with Gasteiger partial charge in [-0.2, -0.15) is 0 Å². The quantitative estimate of drug-likeness (QED) is 0.228. The van der Waals surface area contributed by atoms with E-state index >= 15 is 0 Å². The normalized spacial score (nSPS) is 10.6. The fourth-order valence-corrected chi connectivity index (χ4v) is 1.85. The van der Waals surface area contributed by atoms with E-state index in [2.05, 4.69) is 4.74 Å². The minimum Gasteiger partial charge on any atom is -0.481 e. The van der Waals surface area contributed by atoms with Gasteiger partial charge >= 0.3 is 17.9 Å². The molecule has 10 heteroatoms. The first-order valence-corrected chi connectivity index (χ1v) is 9.31. The number of ether oxygens (including phenoxy) is 6. The summed E-state index contributed by atoms with van der Waals surface area (Å²) in [7, 11) is 1.33. The van der Waals surface area contributed by atoms with E-state index in [1.807, 2.05) is 0 Å². The number of carboxylic acids is 1. The van der Waals surface area contributed by atoms with E-state index in [-0.39, 0.29) is 44.4 Å². The van der Waals surface area contributed by atoms with Crippen molar-refractivity contribution in [1.82, 2.24) is 0 Å². The van der Waals surface area contributed by atoms with E-state index in [4.69, 9.17) is 28.8 Å². The first kappa shape index (κ1) is 26.2. The number of carbonyl (C=O) groups excluding carboxylic acids is 2. The Labute approximate surface area is 165 Å². The number of esters is 2. The lowest BCUT2D eigenvalue weighted by Gasteiger charge is -2.08. The Bertz CT molecular complexity index is 413. The topological polar surface area (TPSA) is 127 Å². The van der Waals surface area contributed by atoms with Crippen LogP contribution in [0.3, 0.4) is 0 Å². The van der Waals surface area contributed by atoms with Crippen molar-refractivity contribution < 1.29 is 47.9 Å². The zero-order valence-corrected chi connectivity index (χ0v) is 16.5. The van der Waals surface area contributed by atoms with E-state index in [0.717, 1.165) is 0 Å². The molecule has 164 valence electrons. The van der Waals surface area contributed by atoms with E-state index in [0.29, 0.717) is 59.1 Å². The van der Waals surface area contributed by atoms with Crippen molar-refractivity contribution in [3.05, 3.63) is 0 Å². The Hall–Kier alpha value is -1.75. The summed E-state index contributed by atoms with van der Waals surface area (Å²) in [5.74, 6) is -1.52. The van der Waals surface area contributed by atoms with Gasteiger partial charge in [0.25, 0.3) is 0 Å².